The van der Waals surface area contributed by atoms with Gasteiger partial charge in [-0.2, -0.15) is 5.10 Å². The number of aromatic carboxylic acids is 1. The van der Waals surface area contributed by atoms with E-state index in [9.17, 15) is 9.59 Å². The van der Waals surface area contributed by atoms with Gasteiger partial charge in [0.25, 0.3) is 5.91 Å². The van der Waals surface area contributed by atoms with Crippen LogP contribution in [0.4, 0.5) is 0 Å². The molecule has 20 heavy (non-hydrogen) atoms. The molecule has 0 saturated carbocycles. The van der Waals surface area contributed by atoms with Gasteiger partial charge >= 0.3 is 5.97 Å². The smallest absolute Gasteiger partial charge is 0.352 e. The Morgan fingerprint density at radius 2 is 2.15 bits per heavy atom. The van der Waals surface area contributed by atoms with Crippen LogP contribution in [0.25, 0.3) is 0 Å². The Balaban J connectivity index is 2.18. The number of carbonyl (C=O) groups is 2. The third-order valence-electron chi connectivity index (χ3n) is 3.23. The highest BCUT2D eigenvalue weighted by atomic mass is 16.4. The summed E-state index contributed by atoms with van der Waals surface area (Å²) in [4.78, 5) is 25.9. The summed E-state index contributed by atoms with van der Waals surface area (Å²) < 4.78 is 1.67. The van der Waals surface area contributed by atoms with Gasteiger partial charge in [0.15, 0.2) is 0 Å². The van der Waals surface area contributed by atoms with E-state index in [1.807, 2.05) is 0 Å². The lowest BCUT2D eigenvalue weighted by Crippen LogP contribution is -2.25. The summed E-state index contributed by atoms with van der Waals surface area (Å²) in [7, 11) is 1.79. The monoisotopic (exact) mass is 276 g/mol. The molecule has 7 nitrogen and oxygen atoms in total. The molecule has 2 heterocycles. The van der Waals surface area contributed by atoms with Crippen molar-refractivity contribution < 1.29 is 14.7 Å². The summed E-state index contributed by atoms with van der Waals surface area (Å²) in [5.74, 6) is -1.37. The lowest BCUT2D eigenvalue weighted by Gasteiger charge is -2.06. The van der Waals surface area contributed by atoms with Crippen LogP contribution in [0.3, 0.4) is 0 Å². The fourth-order valence-electron chi connectivity index (χ4n) is 2.14. The molecule has 3 N–H and O–H groups in total. The molecule has 7 heteroatoms. The number of rotatable bonds is 4. The van der Waals surface area contributed by atoms with Crippen LogP contribution in [0.1, 0.15) is 37.8 Å². The minimum Gasteiger partial charge on any atom is -0.477 e. The summed E-state index contributed by atoms with van der Waals surface area (Å²) in [6, 6.07) is 1.81. The molecule has 1 amide bonds. The van der Waals surface area contributed by atoms with Gasteiger partial charge in [0.05, 0.1) is 17.8 Å². The van der Waals surface area contributed by atoms with Gasteiger partial charge in [-0.1, -0.05) is 0 Å². The van der Waals surface area contributed by atoms with Gasteiger partial charge in [-0.25, -0.2) is 4.79 Å². The van der Waals surface area contributed by atoms with E-state index < -0.39 is 5.97 Å². The second-order valence-corrected chi connectivity index (χ2v) is 4.56. The quantitative estimate of drug-likeness (QED) is 0.775. The number of hydrogen-bond acceptors (Lipinski definition) is 3. The Bertz CT molecular complexity index is 669. The molecule has 0 fully saturated rings. The predicted molar refractivity (Wildman–Crippen MR) is 71.6 cm³/mol. The maximum absolute atomic E-state index is 12.2. The zero-order chi connectivity index (χ0) is 14.9. The number of hydrogen-bond donors (Lipinski definition) is 3. The largest absolute Gasteiger partial charge is 0.477 e. The van der Waals surface area contributed by atoms with Gasteiger partial charge in [-0.3, -0.25) is 9.48 Å². The van der Waals surface area contributed by atoms with Crippen LogP contribution < -0.4 is 5.32 Å². The minimum absolute atomic E-state index is 0.0492. The van der Waals surface area contributed by atoms with Crippen LogP contribution in [0.5, 0.6) is 0 Å². The molecule has 0 aliphatic heterocycles. The van der Waals surface area contributed by atoms with Crippen molar-refractivity contribution in [3.8, 4) is 0 Å². The van der Waals surface area contributed by atoms with Gasteiger partial charge < -0.3 is 15.4 Å². The number of aromatic amines is 1. The lowest BCUT2D eigenvalue weighted by molar-refractivity contribution is 0.0690. The second kappa shape index (κ2) is 5.20. The Kier molecular flexibility index (Phi) is 3.60. The third-order valence-corrected chi connectivity index (χ3v) is 3.23. The zero-order valence-corrected chi connectivity index (χ0v) is 11.5. The van der Waals surface area contributed by atoms with Crippen molar-refractivity contribution in [1.82, 2.24) is 20.1 Å². The van der Waals surface area contributed by atoms with Gasteiger partial charge in [0.1, 0.15) is 5.69 Å². The van der Waals surface area contributed by atoms with E-state index in [-0.39, 0.29) is 11.6 Å². The van der Waals surface area contributed by atoms with E-state index in [0.717, 1.165) is 5.69 Å². The highest BCUT2D eigenvalue weighted by molar-refractivity contribution is 6.00. The summed E-state index contributed by atoms with van der Waals surface area (Å²) in [6.45, 7) is 3.63. The molecule has 0 aromatic carbocycles. The number of nitrogens with zero attached hydrogens (tertiary/aromatic N) is 2. The normalized spacial score (nSPS) is 10.6. The summed E-state index contributed by atoms with van der Waals surface area (Å²) in [5, 5.41) is 15.8. The van der Waals surface area contributed by atoms with Gasteiger partial charge in [0, 0.05) is 18.9 Å². The van der Waals surface area contributed by atoms with Crippen LogP contribution in [-0.4, -0.2) is 31.7 Å². The zero-order valence-electron chi connectivity index (χ0n) is 11.5. The van der Waals surface area contributed by atoms with E-state index in [4.69, 9.17) is 5.11 Å². The Morgan fingerprint density at radius 1 is 1.45 bits per heavy atom. The number of H-pyrrole nitrogens is 1. The van der Waals surface area contributed by atoms with E-state index >= 15 is 0 Å². The number of nitrogens with one attached hydrogen (secondary N) is 2. The molecular formula is C13H16N4O3. The molecule has 0 aliphatic rings. The molecule has 0 bridgehead atoms. The highest BCUT2D eigenvalue weighted by Gasteiger charge is 2.21. The minimum atomic E-state index is -1.07. The number of carbonyl (C=O) groups excluding carboxylic acids is 1. The van der Waals surface area contributed by atoms with Gasteiger partial charge in [0.2, 0.25) is 0 Å². The molecule has 2 aromatic rings. The highest BCUT2D eigenvalue weighted by Crippen LogP contribution is 2.17. The van der Waals surface area contributed by atoms with Crippen molar-refractivity contribution in [2.24, 2.45) is 7.05 Å². The van der Waals surface area contributed by atoms with Crippen LogP contribution >= 0.6 is 0 Å². The molecular weight excluding hydrogens is 260 g/mol. The lowest BCUT2D eigenvalue weighted by atomic mass is 10.1. The van der Waals surface area contributed by atoms with Crippen molar-refractivity contribution in [2.75, 3.05) is 0 Å². The fraction of sp³-hybridized carbons (Fsp3) is 0.308. The molecule has 2 aromatic heterocycles. The average Bonchev–Trinajstić information content (AvgIpc) is 2.90. The second-order valence-electron chi connectivity index (χ2n) is 4.56. The van der Waals surface area contributed by atoms with Crippen molar-refractivity contribution >= 4 is 11.9 Å². The number of amides is 1. The molecule has 0 unspecified atom stereocenters. The molecule has 106 valence electrons. The average molecular weight is 276 g/mol. The number of aryl methyl sites for hydroxylation is 2. The van der Waals surface area contributed by atoms with Crippen molar-refractivity contribution in [3.63, 3.8) is 0 Å². The molecule has 0 spiro atoms. The number of aromatic nitrogens is 3. The standard InChI is InChI=1S/C13H16N4O3/c1-7-10(8(2)16-11(7)13(19)20)12(18)14-6-9-4-5-15-17(9)3/h4-5,16H,6H2,1-3H3,(H,14,18)(H,19,20). The molecule has 0 saturated heterocycles. The Morgan fingerprint density at radius 3 is 2.65 bits per heavy atom. The summed E-state index contributed by atoms with van der Waals surface area (Å²) >= 11 is 0. The molecule has 2 rings (SSSR count). The first-order valence-corrected chi connectivity index (χ1v) is 6.09. The third kappa shape index (κ3) is 2.42. The van der Waals surface area contributed by atoms with Crippen molar-refractivity contribution in [2.45, 2.75) is 20.4 Å². The Hall–Kier alpha value is -2.57. The summed E-state index contributed by atoms with van der Waals surface area (Å²) in [5.41, 5.74) is 2.28. The van der Waals surface area contributed by atoms with E-state index in [0.29, 0.717) is 23.4 Å². The van der Waals surface area contributed by atoms with Crippen molar-refractivity contribution in [1.29, 1.82) is 0 Å². The first-order chi connectivity index (χ1) is 9.41. The van der Waals surface area contributed by atoms with Crippen LogP contribution in [-0.2, 0) is 13.6 Å². The molecule has 0 atom stereocenters. The van der Waals surface area contributed by atoms with Gasteiger partial charge in [-0.15, -0.1) is 0 Å². The van der Waals surface area contributed by atoms with Crippen molar-refractivity contribution in [3.05, 3.63) is 40.5 Å². The first-order valence-electron chi connectivity index (χ1n) is 6.09. The van der Waals surface area contributed by atoms with E-state index in [2.05, 4.69) is 15.4 Å². The fourth-order valence-corrected chi connectivity index (χ4v) is 2.14. The number of carboxylic acid groups (broad SMARTS) is 1. The summed E-state index contributed by atoms with van der Waals surface area (Å²) in [6.07, 6.45) is 1.65. The number of carboxylic acids is 1. The van der Waals surface area contributed by atoms with E-state index in [1.54, 1.807) is 37.8 Å². The first kappa shape index (κ1) is 13.9. The van der Waals surface area contributed by atoms with Crippen LogP contribution in [0, 0.1) is 13.8 Å². The topological polar surface area (TPSA) is 100 Å². The predicted octanol–water partition coefficient (Wildman–Crippen LogP) is 0.993. The van der Waals surface area contributed by atoms with E-state index in [1.165, 1.54) is 0 Å². The molecule has 0 radical (unpaired) electrons. The maximum atomic E-state index is 12.2. The molecule has 0 aliphatic carbocycles. The van der Waals surface area contributed by atoms with Crippen LogP contribution in [0.2, 0.25) is 0 Å². The van der Waals surface area contributed by atoms with Crippen LogP contribution in [0.15, 0.2) is 12.3 Å². The Labute approximate surface area is 115 Å². The SMILES string of the molecule is Cc1[nH]c(C(=O)O)c(C)c1C(=O)NCc1ccnn1C. The van der Waals surface area contributed by atoms with Gasteiger partial charge in [-0.05, 0) is 25.5 Å². The maximum Gasteiger partial charge on any atom is 0.352 e.